The van der Waals surface area contributed by atoms with Crippen LogP contribution in [-0.4, -0.2) is 33.1 Å². The summed E-state index contributed by atoms with van der Waals surface area (Å²) >= 11 is 0. The molecule has 0 aromatic rings. The standard InChI is InChI=1S/C20H32O3/c1-18-7-4-13(21)10-12(18)11-16(22)17-14(18)5-8-19(2)15(17)6-9-20(19,3)23/h11,13-17,21-23H,4-10H2,1-3H3/t13-,14-,15-,16-,17+,18-,19-,20-/m0/s1. The third-order valence-electron chi connectivity index (χ3n) is 8.67. The van der Waals surface area contributed by atoms with E-state index in [4.69, 9.17) is 0 Å². The Morgan fingerprint density at radius 3 is 2.39 bits per heavy atom. The van der Waals surface area contributed by atoms with Crippen LogP contribution in [0.3, 0.4) is 0 Å². The van der Waals surface area contributed by atoms with E-state index in [1.807, 2.05) is 6.92 Å². The second-order valence-electron chi connectivity index (χ2n) is 9.56. The topological polar surface area (TPSA) is 60.7 Å². The fraction of sp³-hybridized carbons (Fsp3) is 0.900. The van der Waals surface area contributed by atoms with Crippen molar-refractivity contribution >= 4 is 0 Å². The van der Waals surface area contributed by atoms with Gasteiger partial charge in [0.25, 0.3) is 0 Å². The highest BCUT2D eigenvalue weighted by atomic mass is 16.3. The molecule has 0 unspecified atom stereocenters. The molecule has 0 aliphatic heterocycles. The first-order valence-corrected chi connectivity index (χ1v) is 9.49. The van der Waals surface area contributed by atoms with Crippen molar-refractivity contribution in [2.45, 2.75) is 83.5 Å². The van der Waals surface area contributed by atoms with E-state index >= 15 is 0 Å². The summed E-state index contributed by atoms with van der Waals surface area (Å²) < 4.78 is 0. The molecule has 23 heavy (non-hydrogen) atoms. The lowest BCUT2D eigenvalue weighted by Gasteiger charge is -2.59. The molecule has 3 fully saturated rings. The first kappa shape index (κ1) is 16.1. The van der Waals surface area contributed by atoms with E-state index in [0.29, 0.717) is 11.8 Å². The van der Waals surface area contributed by atoms with Crippen LogP contribution in [0.15, 0.2) is 11.6 Å². The zero-order valence-electron chi connectivity index (χ0n) is 14.8. The highest BCUT2D eigenvalue weighted by Crippen LogP contribution is 2.66. The normalized spacial score (nSPS) is 58.9. The summed E-state index contributed by atoms with van der Waals surface area (Å²) in [6.45, 7) is 6.62. The summed E-state index contributed by atoms with van der Waals surface area (Å²) in [5, 5.41) is 31.9. The molecule has 3 nitrogen and oxygen atoms in total. The van der Waals surface area contributed by atoms with Crippen LogP contribution in [0.25, 0.3) is 0 Å². The Morgan fingerprint density at radius 2 is 1.65 bits per heavy atom. The van der Waals surface area contributed by atoms with Gasteiger partial charge in [-0.15, -0.1) is 0 Å². The van der Waals surface area contributed by atoms with E-state index in [1.165, 1.54) is 5.57 Å². The van der Waals surface area contributed by atoms with Gasteiger partial charge in [0.2, 0.25) is 0 Å². The molecule has 0 spiro atoms. The molecule has 0 aromatic heterocycles. The minimum Gasteiger partial charge on any atom is -0.393 e. The third-order valence-corrected chi connectivity index (χ3v) is 8.67. The number of rotatable bonds is 0. The monoisotopic (exact) mass is 320 g/mol. The van der Waals surface area contributed by atoms with E-state index in [9.17, 15) is 15.3 Å². The second-order valence-corrected chi connectivity index (χ2v) is 9.56. The third kappa shape index (κ3) is 1.99. The molecule has 4 aliphatic rings. The summed E-state index contributed by atoms with van der Waals surface area (Å²) in [6, 6.07) is 0. The van der Waals surface area contributed by atoms with Gasteiger partial charge in [0.1, 0.15) is 0 Å². The largest absolute Gasteiger partial charge is 0.393 e. The number of fused-ring (bicyclic) bond motifs is 5. The first-order chi connectivity index (χ1) is 10.7. The lowest BCUT2D eigenvalue weighted by molar-refractivity contribution is -0.136. The average Bonchev–Trinajstić information content (AvgIpc) is 2.72. The van der Waals surface area contributed by atoms with Crippen LogP contribution in [0.2, 0.25) is 0 Å². The molecule has 0 heterocycles. The number of hydrogen-bond donors (Lipinski definition) is 3. The molecule has 4 aliphatic carbocycles. The predicted octanol–water partition coefficient (Wildman–Crippen LogP) is 3.03. The SMILES string of the molecule is C[C@]12CC[C@H](O)CC1=C[C@H](O)[C@@H]1[C@@H]2CC[C@@]2(C)[C@H]1CC[C@]2(C)O. The van der Waals surface area contributed by atoms with Crippen LogP contribution in [0.5, 0.6) is 0 Å². The Balaban J connectivity index is 1.74. The Bertz CT molecular complexity index is 539. The molecule has 3 heteroatoms. The Hall–Kier alpha value is -0.380. The molecule has 4 rings (SSSR count). The molecule has 0 amide bonds. The molecule has 3 N–H and O–H groups in total. The minimum atomic E-state index is -0.601. The van der Waals surface area contributed by atoms with Crippen LogP contribution >= 0.6 is 0 Å². The molecular formula is C20H32O3. The Morgan fingerprint density at radius 1 is 0.957 bits per heavy atom. The van der Waals surface area contributed by atoms with E-state index in [1.54, 1.807) is 0 Å². The fourth-order valence-corrected chi connectivity index (χ4v) is 6.87. The Kier molecular flexibility index (Phi) is 3.38. The number of aliphatic hydroxyl groups excluding tert-OH is 2. The van der Waals surface area contributed by atoms with Crippen molar-refractivity contribution in [3.8, 4) is 0 Å². The van der Waals surface area contributed by atoms with Gasteiger partial charge in [-0.3, -0.25) is 0 Å². The van der Waals surface area contributed by atoms with Crippen LogP contribution in [0, 0.1) is 28.6 Å². The summed E-state index contributed by atoms with van der Waals surface area (Å²) in [4.78, 5) is 0. The molecule has 0 bridgehead atoms. The van der Waals surface area contributed by atoms with Crippen molar-refractivity contribution in [3.05, 3.63) is 11.6 Å². The van der Waals surface area contributed by atoms with Crippen molar-refractivity contribution in [2.24, 2.45) is 28.6 Å². The zero-order chi connectivity index (χ0) is 16.6. The molecule has 0 radical (unpaired) electrons. The van der Waals surface area contributed by atoms with Crippen molar-refractivity contribution in [1.82, 2.24) is 0 Å². The van der Waals surface area contributed by atoms with E-state index in [-0.39, 0.29) is 22.9 Å². The summed E-state index contributed by atoms with van der Waals surface area (Å²) in [7, 11) is 0. The Labute approximate surface area is 139 Å². The number of hydrogen-bond acceptors (Lipinski definition) is 3. The zero-order valence-corrected chi connectivity index (χ0v) is 14.8. The molecular weight excluding hydrogens is 288 g/mol. The van der Waals surface area contributed by atoms with E-state index in [2.05, 4.69) is 19.9 Å². The van der Waals surface area contributed by atoms with Crippen molar-refractivity contribution in [1.29, 1.82) is 0 Å². The maximum Gasteiger partial charge on any atom is 0.0757 e. The summed E-state index contributed by atoms with van der Waals surface area (Å²) in [5.41, 5.74) is 0.762. The predicted molar refractivity (Wildman–Crippen MR) is 89.7 cm³/mol. The minimum absolute atomic E-state index is 0.0645. The van der Waals surface area contributed by atoms with Crippen LogP contribution in [-0.2, 0) is 0 Å². The molecule has 130 valence electrons. The lowest BCUT2D eigenvalue weighted by Crippen LogP contribution is -2.57. The van der Waals surface area contributed by atoms with Crippen molar-refractivity contribution in [3.63, 3.8) is 0 Å². The highest BCUT2D eigenvalue weighted by molar-refractivity contribution is 5.28. The van der Waals surface area contributed by atoms with E-state index in [0.717, 1.165) is 44.9 Å². The van der Waals surface area contributed by atoms with Gasteiger partial charge in [-0.05, 0) is 80.5 Å². The maximum absolute atomic E-state index is 10.9. The second kappa shape index (κ2) is 4.83. The van der Waals surface area contributed by atoms with Crippen LogP contribution < -0.4 is 0 Å². The van der Waals surface area contributed by atoms with Gasteiger partial charge in [-0.1, -0.05) is 25.5 Å². The lowest BCUT2D eigenvalue weighted by atomic mass is 9.46. The van der Waals surface area contributed by atoms with Gasteiger partial charge in [-0.2, -0.15) is 0 Å². The number of aliphatic hydroxyl groups is 3. The van der Waals surface area contributed by atoms with Gasteiger partial charge in [0.05, 0.1) is 17.8 Å². The molecule has 0 aromatic carbocycles. The fourth-order valence-electron chi connectivity index (χ4n) is 6.87. The average molecular weight is 320 g/mol. The maximum atomic E-state index is 10.9. The first-order valence-electron chi connectivity index (χ1n) is 9.49. The smallest absolute Gasteiger partial charge is 0.0757 e. The van der Waals surface area contributed by atoms with Gasteiger partial charge in [0, 0.05) is 0 Å². The molecule has 3 saturated carbocycles. The van der Waals surface area contributed by atoms with Crippen molar-refractivity contribution < 1.29 is 15.3 Å². The van der Waals surface area contributed by atoms with Gasteiger partial charge in [-0.25, -0.2) is 0 Å². The van der Waals surface area contributed by atoms with Crippen LogP contribution in [0.4, 0.5) is 0 Å². The molecule has 0 saturated heterocycles. The molecule has 8 atom stereocenters. The highest BCUT2D eigenvalue weighted by Gasteiger charge is 2.63. The van der Waals surface area contributed by atoms with Gasteiger partial charge in [0.15, 0.2) is 0 Å². The van der Waals surface area contributed by atoms with Gasteiger partial charge >= 0.3 is 0 Å². The quantitative estimate of drug-likeness (QED) is 0.601. The van der Waals surface area contributed by atoms with Gasteiger partial charge < -0.3 is 15.3 Å². The van der Waals surface area contributed by atoms with E-state index < -0.39 is 11.7 Å². The summed E-state index contributed by atoms with van der Waals surface area (Å²) in [5.74, 6) is 1.18. The van der Waals surface area contributed by atoms with Crippen molar-refractivity contribution in [2.75, 3.05) is 0 Å². The summed E-state index contributed by atoms with van der Waals surface area (Å²) in [6.07, 6.45) is 8.11. The van der Waals surface area contributed by atoms with Crippen LogP contribution in [0.1, 0.15) is 65.7 Å².